The molecule has 8 nitrogen and oxygen atoms in total. The first kappa shape index (κ1) is 22.8. The minimum absolute atomic E-state index is 0.0374. The Labute approximate surface area is 195 Å². The Balaban J connectivity index is 1.42. The molecule has 3 N–H and O–H groups in total. The van der Waals surface area contributed by atoms with Gasteiger partial charge in [-0.15, -0.1) is 0 Å². The number of nitrogens with one attached hydrogen (secondary N) is 3. The molecule has 172 valence electrons. The number of hydrogen-bond donors (Lipinski definition) is 3. The lowest BCUT2D eigenvalue weighted by atomic mass is 10.2. The van der Waals surface area contributed by atoms with E-state index in [1.165, 1.54) is 17.4 Å². The van der Waals surface area contributed by atoms with E-state index in [-0.39, 0.29) is 23.5 Å². The van der Waals surface area contributed by atoms with Gasteiger partial charge in [-0.25, -0.2) is 14.4 Å². The Bertz CT molecular complexity index is 1160. The Morgan fingerprint density at radius 2 is 2.30 bits per heavy atom. The molecule has 1 unspecified atom stereocenters. The molecule has 0 aliphatic carbocycles. The van der Waals surface area contributed by atoms with Gasteiger partial charge in [0.15, 0.2) is 5.13 Å². The fourth-order valence-electron chi connectivity index (χ4n) is 3.65. The first-order valence-electron chi connectivity index (χ1n) is 10.8. The van der Waals surface area contributed by atoms with E-state index >= 15 is 0 Å². The van der Waals surface area contributed by atoms with Crippen LogP contribution in [0, 0.1) is 5.82 Å². The molecule has 3 aromatic rings. The summed E-state index contributed by atoms with van der Waals surface area (Å²) >= 11 is 1.32. The second-order valence-electron chi connectivity index (χ2n) is 7.67. The third-order valence-corrected chi connectivity index (χ3v) is 6.20. The monoisotopic (exact) mass is 467 g/mol. The summed E-state index contributed by atoms with van der Waals surface area (Å²) in [5.74, 6) is -0.342. The highest BCUT2D eigenvalue weighted by atomic mass is 32.1. The van der Waals surface area contributed by atoms with Gasteiger partial charge in [-0.1, -0.05) is 17.9 Å². The molecule has 0 spiro atoms. The van der Waals surface area contributed by atoms with Crippen LogP contribution in [0.1, 0.15) is 31.2 Å². The summed E-state index contributed by atoms with van der Waals surface area (Å²) in [4.78, 5) is 25.7. The van der Waals surface area contributed by atoms with Crippen LogP contribution in [0.4, 0.5) is 9.52 Å². The standard InChI is InChI=1S/C23H26FN7OS/c1-3-17-19(31(14-29-17)11-10-27-22(32)18-7-5-8-25-18)12-15(2)30-23-28-13-20(33-23)21-16(24)6-4-9-26-21/h3-4,6,9,12-14,18,25H,1,5,7-8,10-11H2,2H3,(H,27,32)(H,28,30)/b15-12+. The predicted molar refractivity (Wildman–Crippen MR) is 129 cm³/mol. The fraction of sp³-hybridized carbons (Fsp3) is 0.304. The highest BCUT2D eigenvalue weighted by Crippen LogP contribution is 2.30. The molecule has 10 heteroatoms. The molecule has 1 amide bonds. The smallest absolute Gasteiger partial charge is 0.237 e. The van der Waals surface area contributed by atoms with E-state index in [1.807, 2.05) is 17.6 Å². The minimum Gasteiger partial charge on any atom is -0.353 e. The van der Waals surface area contributed by atoms with Crippen LogP contribution >= 0.6 is 11.3 Å². The lowest BCUT2D eigenvalue weighted by molar-refractivity contribution is -0.122. The zero-order valence-corrected chi connectivity index (χ0v) is 19.2. The topological polar surface area (TPSA) is 96.8 Å². The van der Waals surface area contributed by atoms with Gasteiger partial charge in [0, 0.05) is 31.2 Å². The number of carbonyl (C=O) groups excluding carboxylic acids is 1. The van der Waals surface area contributed by atoms with E-state index in [0.717, 1.165) is 36.5 Å². The van der Waals surface area contributed by atoms with Crippen LogP contribution in [-0.4, -0.2) is 44.6 Å². The minimum atomic E-state index is -0.379. The molecule has 0 aromatic carbocycles. The van der Waals surface area contributed by atoms with E-state index in [9.17, 15) is 9.18 Å². The highest BCUT2D eigenvalue weighted by Gasteiger charge is 2.21. The summed E-state index contributed by atoms with van der Waals surface area (Å²) in [5.41, 5.74) is 2.74. The van der Waals surface area contributed by atoms with Crippen LogP contribution in [0.15, 0.2) is 43.1 Å². The van der Waals surface area contributed by atoms with Gasteiger partial charge in [-0.05, 0) is 50.6 Å². The molecule has 1 aliphatic rings. The maximum atomic E-state index is 14.0. The van der Waals surface area contributed by atoms with Gasteiger partial charge < -0.3 is 20.5 Å². The van der Waals surface area contributed by atoms with Crippen molar-refractivity contribution >= 4 is 34.5 Å². The number of aromatic nitrogens is 4. The average molecular weight is 468 g/mol. The molecule has 0 radical (unpaired) electrons. The van der Waals surface area contributed by atoms with E-state index in [4.69, 9.17) is 0 Å². The van der Waals surface area contributed by atoms with Crippen molar-refractivity contribution in [2.24, 2.45) is 0 Å². The number of allylic oxidation sites excluding steroid dienone is 1. The number of imidazole rings is 1. The zero-order valence-electron chi connectivity index (χ0n) is 18.3. The molecule has 0 saturated carbocycles. The molecular weight excluding hydrogens is 441 g/mol. The van der Waals surface area contributed by atoms with Crippen molar-refractivity contribution in [1.82, 2.24) is 30.2 Å². The van der Waals surface area contributed by atoms with Crippen molar-refractivity contribution in [1.29, 1.82) is 0 Å². The van der Waals surface area contributed by atoms with Crippen molar-refractivity contribution < 1.29 is 9.18 Å². The Morgan fingerprint density at radius 1 is 1.42 bits per heavy atom. The van der Waals surface area contributed by atoms with E-state index < -0.39 is 0 Å². The molecule has 1 saturated heterocycles. The lowest BCUT2D eigenvalue weighted by Crippen LogP contribution is -2.41. The van der Waals surface area contributed by atoms with Crippen molar-refractivity contribution in [2.75, 3.05) is 18.4 Å². The zero-order chi connectivity index (χ0) is 23.2. The van der Waals surface area contributed by atoms with Gasteiger partial charge >= 0.3 is 0 Å². The molecular formula is C23H26FN7OS. The maximum absolute atomic E-state index is 14.0. The molecule has 3 aromatic heterocycles. The molecule has 0 bridgehead atoms. The fourth-order valence-corrected chi connectivity index (χ4v) is 4.53. The largest absolute Gasteiger partial charge is 0.353 e. The Hall–Kier alpha value is -3.37. The average Bonchev–Trinajstić information content (AvgIpc) is 3.56. The lowest BCUT2D eigenvalue weighted by Gasteiger charge is -2.12. The van der Waals surface area contributed by atoms with E-state index in [2.05, 4.69) is 37.5 Å². The van der Waals surface area contributed by atoms with Crippen LogP contribution in [0.25, 0.3) is 22.7 Å². The summed E-state index contributed by atoms with van der Waals surface area (Å²) in [7, 11) is 0. The number of carbonyl (C=O) groups is 1. The molecule has 4 rings (SSSR count). The quantitative estimate of drug-likeness (QED) is 0.446. The van der Waals surface area contributed by atoms with Gasteiger partial charge in [0.2, 0.25) is 5.91 Å². The van der Waals surface area contributed by atoms with Gasteiger partial charge in [0.1, 0.15) is 11.5 Å². The van der Waals surface area contributed by atoms with Gasteiger partial charge in [0.05, 0.1) is 28.6 Å². The Kier molecular flexibility index (Phi) is 7.26. The predicted octanol–water partition coefficient (Wildman–Crippen LogP) is 3.52. The maximum Gasteiger partial charge on any atom is 0.237 e. The summed E-state index contributed by atoms with van der Waals surface area (Å²) in [5, 5.41) is 10.1. The van der Waals surface area contributed by atoms with Crippen molar-refractivity contribution in [2.45, 2.75) is 32.4 Å². The first-order chi connectivity index (χ1) is 16.0. The van der Waals surface area contributed by atoms with Crippen LogP contribution in [0.2, 0.25) is 0 Å². The summed E-state index contributed by atoms with van der Waals surface area (Å²) < 4.78 is 16.0. The number of halogens is 1. The van der Waals surface area contributed by atoms with Crippen molar-refractivity contribution in [3.05, 3.63) is 60.3 Å². The second kappa shape index (κ2) is 10.5. The van der Waals surface area contributed by atoms with Crippen LogP contribution < -0.4 is 16.0 Å². The van der Waals surface area contributed by atoms with Gasteiger partial charge in [-0.3, -0.25) is 9.78 Å². The highest BCUT2D eigenvalue weighted by molar-refractivity contribution is 7.18. The number of rotatable bonds is 9. The number of nitrogens with zero attached hydrogens (tertiary/aromatic N) is 4. The van der Waals surface area contributed by atoms with E-state index in [0.29, 0.717) is 23.1 Å². The molecule has 1 aliphatic heterocycles. The van der Waals surface area contributed by atoms with Crippen LogP contribution in [-0.2, 0) is 11.3 Å². The first-order valence-corrected chi connectivity index (χ1v) is 11.6. The third kappa shape index (κ3) is 5.52. The second-order valence-corrected chi connectivity index (χ2v) is 8.70. The van der Waals surface area contributed by atoms with Crippen molar-refractivity contribution in [3.8, 4) is 10.6 Å². The summed E-state index contributed by atoms with van der Waals surface area (Å²) in [6, 6.07) is 2.85. The van der Waals surface area contributed by atoms with Gasteiger partial charge in [-0.2, -0.15) is 0 Å². The van der Waals surface area contributed by atoms with Crippen LogP contribution in [0.5, 0.6) is 0 Å². The number of thiazole rings is 1. The number of amides is 1. The summed E-state index contributed by atoms with van der Waals surface area (Å²) in [6.45, 7) is 7.74. The number of pyridine rings is 1. The van der Waals surface area contributed by atoms with E-state index in [1.54, 1.807) is 30.9 Å². The third-order valence-electron chi connectivity index (χ3n) is 5.29. The normalized spacial score (nSPS) is 16.1. The Morgan fingerprint density at radius 3 is 3.06 bits per heavy atom. The molecule has 33 heavy (non-hydrogen) atoms. The molecule has 4 heterocycles. The molecule has 1 atom stereocenters. The number of hydrogen-bond acceptors (Lipinski definition) is 7. The SMILES string of the molecule is C=Cc1ncn(CCNC(=O)C2CCCN2)c1/C=C(\C)Nc1ncc(-c2ncccc2F)s1. The van der Waals surface area contributed by atoms with Crippen molar-refractivity contribution in [3.63, 3.8) is 0 Å². The number of anilines is 1. The van der Waals surface area contributed by atoms with Gasteiger partial charge in [0.25, 0.3) is 0 Å². The summed E-state index contributed by atoms with van der Waals surface area (Å²) in [6.07, 6.45) is 10.5. The molecule has 1 fully saturated rings. The van der Waals surface area contributed by atoms with Crippen LogP contribution in [0.3, 0.4) is 0 Å².